The van der Waals surface area contributed by atoms with E-state index in [-0.39, 0.29) is 17.5 Å². The van der Waals surface area contributed by atoms with E-state index in [4.69, 9.17) is 9.47 Å². The number of rotatable bonds is 1. The van der Waals surface area contributed by atoms with Crippen LogP contribution < -0.4 is 25.9 Å². The van der Waals surface area contributed by atoms with Gasteiger partial charge in [0.05, 0.1) is 33.1 Å². The average Bonchev–Trinajstić information content (AvgIpc) is 3.99. The molecule has 0 bridgehead atoms. The molecule has 290 valence electrons. The fraction of sp³-hybridized carbons (Fsp3) is 0.143. The van der Waals surface area contributed by atoms with Gasteiger partial charge >= 0.3 is 0 Å². The predicted molar refractivity (Wildman–Crippen MR) is 256 cm³/mol. The molecule has 2 aliphatic heterocycles. The molecule has 4 nitrogen and oxygen atoms in total. The first-order chi connectivity index (χ1) is 29.5. The van der Waals surface area contributed by atoms with Gasteiger partial charge in [-0.3, -0.25) is 0 Å². The molecule has 0 amide bonds. The zero-order chi connectivity index (χ0) is 40.8. The number of benzene rings is 8. The zero-order valence-electron chi connectivity index (χ0n) is 35.1. The van der Waals surface area contributed by atoms with E-state index >= 15 is 0 Å². The Kier molecular flexibility index (Phi) is 6.12. The van der Waals surface area contributed by atoms with Crippen molar-refractivity contribution in [2.75, 3.05) is 0 Å². The van der Waals surface area contributed by atoms with Crippen molar-refractivity contribution in [1.82, 2.24) is 8.80 Å². The van der Waals surface area contributed by atoms with Crippen LogP contribution in [-0.4, -0.2) is 15.5 Å². The quantitative estimate of drug-likeness (QED) is 0.155. The summed E-state index contributed by atoms with van der Waals surface area (Å²) in [5.41, 5.74) is 15.3. The minimum absolute atomic E-state index is 0.0324. The summed E-state index contributed by atoms with van der Waals surface area (Å²) in [6.07, 6.45) is 0. The smallest absolute Gasteiger partial charge is 0.260 e. The number of nitrogens with zero attached hydrogens (tertiary/aromatic N) is 2. The molecular weight excluding hydrogens is 743 g/mol. The van der Waals surface area contributed by atoms with Crippen LogP contribution in [0.2, 0.25) is 0 Å². The fourth-order valence-corrected chi connectivity index (χ4v) is 11.2. The number of aromatic nitrogens is 2. The normalized spacial score (nSPS) is 14.0. The molecule has 4 aromatic heterocycles. The van der Waals surface area contributed by atoms with Gasteiger partial charge < -0.3 is 18.3 Å². The Morgan fingerprint density at radius 2 is 0.787 bits per heavy atom. The first-order valence-corrected chi connectivity index (χ1v) is 21.6. The van der Waals surface area contributed by atoms with Gasteiger partial charge in [0.1, 0.15) is 23.0 Å². The summed E-state index contributed by atoms with van der Waals surface area (Å²) >= 11 is 0. The van der Waals surface area contributed by atoms with Gasteiger partial charge in [-0.1, -0.05) is 157 Å². The van der Waals surface area contributed by atoms with E-state index in [0.717, 1.165) is 56.0 Å². The van der Waals surface area contributed by atoms with Crippen molar-refractivity contribution < 1.29 is 9.47 Å². The Labute approximate surface area is 353 Å². The summed E-state index contributed by atoms with van der Waals surface area (Å²) in [6, 6.07) is 52.1. The number of para-hydroxylation sites is 4. The van der Waals surface area contributed by atoms with E-state index in [2.05, 4.69) is 190 Å². The monoisotopic (exact) mass is 784 g/mol. The van der Waals surface area contributed by atoms with E-state index in [1.165, 1.54) is 81.8 Å². The summed E-state index contributed by atoms with van der Waals surface area (Å²) in [5, 5.41) is 9.95. The number of hydrogen-bond donors (Lipinski definition) is 0. The van der Waals surface area contributed by atoms with Gasteiger partial charge in [-0.2, -0.15) is 0 Å². The van der Waals surface area contributed by atoms with Crippen LogP contribution in [0.25, 0.3) is 87.3 Å². The highest BCUT2D eigenvalue weighted by molar-refractivity contribution is 6.98. The lowest BCUT2D eigenvalue weighted by Gasteiger charge is -2.34. The summed E-state index contributed by atoms with van der Waals surface area (Å²) in [5.74, 6) is 3.54. The van der Waals surface area contributed by atoms with Crippen LogP contribution in [0.1, 0.15) is 52.7 Å². The van der Waals surface area contributed by atoms with Gasteiger partial charge in [0.2, 0.25) is 0 Å². The topological polar surface area (TPSA) is 27.3 Å². The maximum Gasteiger partial charge on any atom is 0.260 e. The second kappa shape index (κ2) is 11.0. The van der Waals surface area contributed by atoms with Crippen molar-refractivity contribution in [2.24, 2.45) is 0 Å². The molecule has 0 fully saturated rings. The van der Waals surface area contributed by atoms with E-state index in [1.54, 1.807) is 0 Å². The summed E-state index contributed by atoms with van der Waals surface area (Å²) in [4.78, 5) is 0. The second-order valence-electron chi connectivity index (χ2n) is 19.7. The largest absolute Gasteiger partial charge is 0.456 e. The third-order valence-corrected chi connectivity index (χ3v) is 14.2. The lowest BCUT2D eigenvalue weighted by atomic mass is 9.34. The molecule has 0 spiro atoms. The van der Waals surface area contributed by atoms with Crippen molar-refractivity contribution in [3.05, 3.63) is 151 Å². The molecular formula is C56H41BN2O2. The van der Waals surface area contributed by atoms with E-state index < -0.39 is 0 Å². The Bertz CT molecular complexity index is 3660. The molecule has 0 saturated heterocycles. The third-order valence-electron chi connectivity index (χ3n) is 14.2. The molecule has 61 heavy (non-hydrogen) atoms. The van der Waals surface area contributed by atoms with Crippen LogP contribution in [0.4, 0.5) is 0 Å². The van der Waals surface area contributed by atoms with Gasteiger partial charge in [0.15, 0.2) is 0 Å². The maximum absolute atomic E-state index is 7.45. The SMILES string of the molecule is CC(C)(C)c1cc(-c2cc3c4c(c2)Oc2c(ccc5c6cccc7c8ccccc8n(c25)c76)B4c2ccc4c5cccc6c7ccccc7n(c4c2O3)c65)cc(C(C)(C)C)c1. The van der Waals surface area contributed by atoms with Crippen molar-refractivity contribution in [3.8, 4) is 34.1 Å². The second-order valence-corrected chi connectivity index (χ2v) is 19.7. The molecule has 12 aromatic rings. The van der Waals surface area contributed by atoms with Crippen molar-refractivity contribution in [1.29, 1.82) is 0 Å². The molecule has 0 unspecified atom stereocenters. The predicted octanol–water partition coefficient (Wildman–Crippen LogP) is 13.0. The van der Waals surface area contributed by atoms with Crippen molar-refractivity contribution >= 4 is 99.3 Å². The molecule has 0 aliphatic carbocycles. The Morgan fingerprint density at radius 1 is 0.393 bits per heavy atom. The van der Waals surface area contributed by atoms with Crippen LogP contribution in [0.15, 0.2) is 140 Å². The molecule has 0 saturated carbocycles. The molecule has 8 aromatic carbocycles. The van der Waals surface area contributed by atoms with Crippen LogP contribution in [0, 0.1) is 0 Å². The Morgan fingerprint density at radius 3 is 1.25 bits per heavy atom. The highest BCUT2D eigenvalue weighted by Gasteiger charge is 2.43. The minimum Gasteiger partial charge on any atom is -0.456 e. The van der Waals surface area contributed by atoms with E-state index in [9.17, 15) is 0 Å². The standard InChI is InChI=1S/C56H41BN2O2/c1-55(2,3)32-25-30(26-33(29-32)56(4,5)6)31-27-46-48-47(28-31)61-54-43(24-22-41-39-18-12-16-37-35-14-8-10-20-45(35)59(50(37)39)52(41)54)57(48)42-23-21-40-38-17-11-15-36-34-13-7-9-19-44(34)58(49(36)38)51(40)53(42)60-46/h7-29H,1-6H3. The number of hydrogen-bond acceptors (Lipinski definition) is 2. The molecule has 2 aliphatic rings. The maximum atomic E-state index is 7.45. The van der Waals surface area contributed by atoms with Gasteiger partial charge in [0.25, 0.3) is 6.71 Å². The van der Waals surface area contributed by atoms with Gasteiger partial charge in [0, 0.05) is 48.6 Å². The minimum atomic E-state index is -0.116. The molecule has 14 rings (SSSR count). The molecule has 5 heteroatoms. The summed E-state index contributed by atoms with van der Waals surface area (Å²) in [7, 11) is 0. The van der Waals surface area contributed by atoms with Gasteiger partial charge in [-0.15, -0.1) is 0 Å². The molecule has 0 atom stereocenters. The average molecular weight is 785 g/mol. The number of ether oxygens (including phenoxy) is 2. The van der Waals surface area contributed by atoms with Gasteiger partial charge in [-0.25, -0.2) is 0 Å². The molecule has 6 heterocycles. The van der Waals surface area contributed by atoms with Crippen LogP contribution in [0.3, 0.4) is 0 Å². The van der Waals surface area contributed by atoms with Crippen LogP contribution in [-0.2, 0) is 10.8 Å². The summed E-state index contributed by atoms with van der Waals surface area (Å²) < 4.78 is 19.8. The van der Waals surface area contributed by atoms with Crippen LogP contribution in [0.5, 0.6) is 23.0 Å². The van der Waals surface area contributed by atoms with Gasteiger partial charge in [-0.05, 0) is 68.3 Å². The zero-order valence-corrected chi connectivity index (χ0v) is 35.1. The van der Waals surface area contributed by atoms with E-state index in [1.807, 2.05) is 0 Å². The highest BCUT2D eigenvalue weighted by atomic mass is 16.5. The van der Waals surface area contributed by atoms with Crippen molar-refractivity contribution in [2.45, 2.75) is 52.4 Å². The Hall–Kier alpha value is -6.98. The lowest BCUT2D eigenvalue weighted by Crippen LogP contribution is -2.57. The van der Waals surface area contributed by atoms with Crippen molar-refractivity contribution in [3.63, 3.8) is 0 Å². The first kappa shape index (κ1) is 33.8. The fourth-order valence-electron chi connectivity index (χ4n) is 11.2. The first-order valence-electron chi connectivity index (χ1n) is 21.6. The van der Waals surface area contributed by atoms with E-state index in [0.29, 0.717) is 0 Å². The molecule has 0 N–H and O–H groups in total. The molecule has 0 radical (unpaired) electrons. The highest BCUT2D eigenvalue weighted by Crippen LogP contribution is 2.48. The lowest BCUT2D eigenvalue weighted by molar-refractivity contribution is 0.469. The van der Waals surface area contributed by atoms with Crippen LogP contribution >= 0.6 is 0 Å². The Balaban J connectivity index is 1.12. The summed E-state index contributed by atoms with van der Waals surface area (Å²) in [6.45, 7) is 13.7. The number of fused-ring (bicyclic) bond motifs is 18. The third kappa shape index (κ3) is 4.21.